The molecule has 1 saturated heterocycles. The number of aromatic nitrogens is 1. The lowest BCUT2D eigenvalue weighted by Crippen LogP contribution is -1.93. The van der Waals surface area contributed by atoms with E-state index >= 15 is 0 Å². The van der Waals surface area contributed by atoms with Gasteiger partial charge < -0.3 is 9.47 Å². The summed E-state index contributed by atoms with van der Waals surface area (Å²) in [5.41, 5.74) is 1.06. The van der Waals surface area contributed by atoms with Gasteiger partial charge in [-0.05, 0) is 15.9 Å². The van der Waals surface area contributed by atoms with Crippen LogP contribution in [0.3, 0.4) is 0 Å². The quantitative estimate of drug-likeness (QED) is 0.728. The van der Waals surface area contributed by atoms with E-state index in [1.807, 2.05) is 0 Å². The Bertz CT molecular complexity index is 299. The molecule has 2 heterocycles. The van der Waals surface area contributed by atoms with Crippen LogP contribution >= 0.6 is 15.9 Å². The van der Waals surface area contributed by atoms with Crippen molar-refractivity contribution in [2.45, 2.75) is 6.10 Å². The van der Waals surface area contributed by atoms with E-state index in [9.17, 15) is 0 Å². The van der Waals surface area contributed by atoms with Crippen LogP contribution in [0.25, 0.3) is 0 Å². The summed E-state index contributed by atoms with van der Waals surface area (Å²) in [4.78, 5) is 4.00. The van der Waals surface area contributed by atoms with Crippen LogP contribution in [0, 0.1) is 0 Å². The van der Waals surface area contributed by atoms with Crippen molar-refractivity contribution in [3.63, 3.8) is 0 Å². The summed E-state index contributed by atoms with van der Waals surface area (Å²) in [7, 11) is 1.63. The second kappa shape index (κ2) is 3.03. The Balaban J connectivity index is 2.45. The number of nitrogens with zero attached hydrogens (tertiary/aromatic N) is 1. The molecule has 4 heteroatoms. The van der Waals surface area contributed by atoms with Crippen molar-refractivity contribution in [2.24, 2.45) is 0 Å². The van der Waals surface area contributed by atoms with Crippen molar-refractivity contribution in [2.75, 3.05) is 13.7 Å². The van der Waals surface area contributed by atoms with Gasteiger partial charge in [0.25, 0.3) is 0 Å². The fourth-order valence-electron chi connectivity index (χ4n) is 1.12. The molecule has 0 saturated carbocycles. The van der Waals surface area contributed by atoms with Crippen LogP contribution in [0.1, 0.15) is 11.7 Å². The molecule has 3 nitrogen and oxygen atoms in total. The van der Waals surface area contributed by atoms with Crippen LogP contribution in [-0.4, -0.2) is 18.7 Å². The van der Waals surface area contributed by atoms with E-state index in [-0.39, 0.29) is 6.10 Å². The van der Waals surface area contributed by atoms with Crippen LogP contribution in [0.15, 0.2) is 16.9 Å². The van der Waals surface area contributed by atoms with E-state index in [2.05, 4.69) is 20.9 Å². The Morgan fingerprint density at radius 1 is 1.67 bits per heavy atom. The zero-order chi connectivity index (χ0) is 8.55. The molecule has 0 radical (unpaired) electrons. The van der Waals surface area contributed by atoms with Crippen molar-refractivity contribution >= 4 is 15.9 Å². The minimum Gasteiger partial charge on any atom is -0.495 e. The molecule has 1 aliphatic heterocycles. The average Bonchev–Trinajstić information content (AvgIpc) is 2.87. The molecule has 1 fully saturated rings. The number of rotatable bonds is 2. The lowest BCUT2D eigenvalue weighted by atomic mass is 10.2. The van der Waals surface area contributed by atoms with Gasteiger partial charge in [-0.1, -0.05) is 0 Å². The number of ether oxygens (including phenoxy) is 2. The standard InChI is InChI=1S/C8H8BrNO2/c1-11-6-3-10-2-5(9)8(6)7-4-12-7/h2-3,7H,4H2,1H3/t7-/m1/s1. The summed E-state index contributed by atoms with van der Waals surface area (Å²) < 4.78 is 11.3. The first-order valence-corrected chi connectivity index (χ1v) is 4.41. The molecule has 0 amide bonds. The Kier molecular flexibility index (Phi) is 2.02. The van der Waals surface area contributed by atoms with E-state index in [4.69, 9.17) is 9.47 Å². The van der Waals surface area contributed by atoms with Crippen LogP contribution in [0.5, 0.6) is 5.75 Å². The highest BCUT2D eigenvalue weighted by molar-refractivity contribution is 9.10. The molecular formula is C8H8BrNO2. The number of halogens is 1. The lowest BCUT2D eigenvalue weighted by molar-refractivity contribution is 0.381. The number of epoxide rings is 1. The summed E-state index contributed by atoms with van der Waals surface area (Å²) in [6, 6.07) is 0. The smallest absolute Gasteiger partial charge is 0.144 e. The lowest BCUT2D eigenvalue weighted by Gasteiger charge is -2.06. The first-order valence-electron chi connectivity index (χ1n) is 3.62. The third-order valence-electron chi connectivity index (χ3n) is 1.78. The second-order valence-electron chi connectivity index (χ2n) is 2.56. The van der Waals surface area contributed by atoms with E-state index in [1.165, 1.54) is 0 Å². The minimum absolute atomic E-state index is 0.192. The number of hydrogen-bond acceptors (Lipinski definition) is 3. The van der Waals surface area contributed by atoms with Gasteiger partial charge >= 0.3 is 0 Å². The Hall–Kier alpha value is -0.610. The predicted octanol–water partition coefficient (Wildman–Crippen LogP) is 1.92. The fourth-order valence-corrected chi connectivity index (χ4v) is 1.69. The van der Waals surface area contributed by atoms with Crippen LogP contribution in [0.4, 0.5) is 0 Å². The molecule has 0 spiro atoms. The van der Waals surface area contributed by atoms with Crippen molar-refractivity contribution in [1.82, 2.24) is 4.98 Å². The van der Waals surface area contributed by atoms with Crippen molar-refractivity contribution in [3.05, 3.63) is 22.4 Å². The van der Waals surface area contributed by atoms with Gasteiger partial charge in [0.1, 0.15) is 11.9 Å². The van der Waals surface area contributed by atoms with Gasteiger partial charge in [0.05, 0.1) is 19.9 Å². The van der Waals surface area contributed by atoms with Gasteiger partial charge in [0.2, 0.25) is 0 Å². The normalized spacial score (nSPS) is 20.7. The largest absolute Gasteiger partial charge is 0.495 e. The zero-order valence-electron chi connectivity index (χ0n) is 6.58. The second-order valence-corrected chi connectivity index (χ2v) is 3.41. The average molecular weight is 230 g/mol. The fraction of sp³-hybridized carbons (Fsp3) is 0.375. The van der Waals surface area contributed by atoms with Crippen LogP contribution < -0.4 is 4.74 Å². The van der Waals surface area contributed by atoms with E-state index in [0.29, 0.717) is 0 Å². The molecule has 0 aliphatic carbocycles. The first-order chi connectivity index (χ1) is 5.83. The molecule has 2 rings (SSSR count). The molecule has 12 heavy (non-hydrogen) atoms. The van der Waals surface area contributed by atoms with Gasteiger partial charge in [0.15, 0.2) is 0 Å². The Morgan fingerprint density at radius 2 is 2.42 bits per heavy atom. The summed E-state index contributed by atoms with van der Waals surface area (Å²) in [5, 5.41) is 0. The summed E-state index contributed by atoms with van der Waals surface area (Å²) in [5.74, 6) is 0.784. The highest BCUT2D eigenvalue weighted by Crippen LogP contribution is 2.40. The van der Waals surface area contributed by atoms with Crippen LogP contribution in [-0.2, 0) is 4.74 Å². The number of methoxy groups -OCH3 is 1. The van der Waals surface area contributed by atoms with Crippen molar-refractivity contribution in [3.8, 4) is 5.75 Å². The predicted molar refractivity (Wildman–Crippen MR) is 47.2 cm³/mol. The summed E-state index contributed by atoms with van der Waals surface area (Å²) in [6.45, 7) is 0.777. The van der Waals surface area contributed by atoms with E-state index < -0.39 is 0 Å². The third-order valence-corrected chi connectivity index (χ3v) is 2.41. The molecule has 1 atom stereocenters. The Labute approximate surface area is 78.8 Å². The molecule has 1 aromatic heterocycles. The molecule has 0 unspecified atom stereocenters. The molecular weight excluding hydrogens is 222 g/mol. The van der Waals surface area contributed by atoms with Gasteiger partial charge in [-0.2, -0.15) is 0 Å². The molecule has 1 aliphatic rings. The first kappa shape index (κ1) is 8.01. The zero-order valence-corrected chi connectivity index (χ0v) is 8.17. The third kappa shape index (κ3) is 1.32. The molecule has 64 valence electrons. The maximum atomic E-state index is 5.18. The Morgan fingerprint density at radius 3 is 3.00 bits per heavy atom. The van der Waals surface area contributed by atoms with Gasteiger partial charge in [0, 0.05) is 16.2 Å². The number of pyridine rings is 1. The molecule has 0 N–H and O–H groups in total. The maximum absolute atomic E-state index is 5.18. The number of hydrogen-bond donors (Lipinski definition) is 0. The highest BCUT2D eigenvalue weighted by Gasteiger charge is 2.30. The SMILES string of the molecule is COc1cncc(Br)c1[C@H]1CO1. The van der Waals surface area contributed by atoms with E-state index in [0.717, 1.165) is 22.4 Å². The maximum Gasteiger partial charge on any atom is 0.144 e. The van der Waals surface area contributed by atoms with E-state index in [1.54, 1.807) is 19.5 Å². The summed E-state index contributed by atoms with van der Waals surface area (Å²) in [6.07, 6.45) is 3.64. The van der Waals surface area contributed by atoms with Crippen LogP contribution in [0.2, 0.25) is 0 Å². The van der Waals surface area contributed by atoms with Gasteiger partial charge in [-0.25, -0.2) is 0 Å². The van der Waals surface area contributed by atoms with Crippen molar-refractivity contribution in [1.29, 1.82) is 0 Å². The summed E-state index contributed by atoms with van der Waals surface area (Å²) >= 11 is 3.41. The molecule has 0 bridgehead atoms. The molecule has 1 aromatic rings. The minimum atomic E-state index is 0.192. The monoisotopic (exact) mass is 229 g/mol. The molecule has 0 aromatic carbocycles. The van der Waals surface area contributed by atoms with Gasteiger partial charge in [-0.3, -0.25) is 4.98 Å². The topological polar surface area (TPSA) is 34.6 Å². The van der Waals surface area contributed by atoms with Gasteiger partial charge in [-0.15, -0.1) is 0 Å². The highest BCUT2D eigenvalue weighted by atomic mass is 79.9. The van der Waals surface area contributed by atoms with Crippen molar-refractivity contribution < 1.29 is 9.47 Å².